The molecule has 1 atom stereocenters. The summed E-state index contributed by atoms with van der Waals surface area (Å²) >= 11 is 0. The van der Waals surface area contributed by atoms with Gasteiger partial charge in [0.2, 0.25) is 0 Å². The van der Waals surface area contributed by atoms with E-state index in [1.54, 1.807) is 0 Å². The Balaban J connectivity index is 1.87. The minimum atomic E-state index is -5.00. The van der Waals surface area contributed by atoms with Gasteiger partial charge in [0.25, 0.3) is 0 Å². The second-order valence-corrected chi connectivity index (χ2v) is 8.18. The van der Waals surface area contributed by atoms with E-state index in [1.165, 1.54) is 0 Å². The van der Waals surface area contributed by atoms with Gasteiger partial charge in [0, 0.05) is 6.16 Å². The fourth-order valence-corrected chi connectivity index (χ4v) is 4.50. The molecule has 0 saturated heterocycles. The molecule has 0 saturated carbocycles. The molecule has 0 fully saturated rings. The van der Waals surface area contributed by atoms with Crippen molar-refractivity contribution in [1.29, 1.82) is 0 Å². The standard InChI is InChI=1S/C27H20F3O2P/c28-27(29,30)26(31)32-33-18-22-16-17-23(19-10-4-1-5-11-19)25(21-14-8-3-9-15-21)24(22)20-12-6-2-7-13-20/h1-17,33H,18H2. The van der Waals surface area contributed by atoms with Crippen molar-refractivity contribution in [1.82, 2.24) is 0 Å². The fourth-order valence-electron chi connectivity index (χ4n) is 3.73. The van der Waals surface area contributed by atoms with Crippen LogP contribution in [0.25, 0.3) is 33.4 Å². The first-order valence-electron chi connectivity index (χ1n) is 10.3. The van der Waals surface area contributed by atoms with Gasteiger partial charge < -0.3 is 4.52 Å². The lowest BCUT2D eigenvalue weighted by atomic mass is 9.85. The molecule has 0 bridgehead atoms. The first kappa shape index (κ1) is 22.8. The summed E-state index contributed by atoms with van der Waals surface area (Å²) in [7, 11) is -0.647. The maximum atomic E-state index is 12.6. The van der Waals surface area contributed by atoms with Gasteiger partial charge in [-0.25, -0.2) is 4.79 Å². The van der Waals surface area contributed by atoms with E-state index in [0.29, 0.717) is 0 Å². The molecule has 4 rings (SSSR count). The van der Waals surface area contributed by atoms with Crippen molar-refractivity contribution in [2.45, 2.75) is 12.3 Å². The number of halogens is 3. The molecule has 166 valence electrons. The topological polar surface area (TPSA) is 26.3 Å². The van der Waals surface area contributed by atoms with Gasteiger partial charge >= 0.3 is 12.1 Å². The Morgan fingerprint density at radius 1 is 0.667 bits per heavy atom. The van der Waals surface area contributed by atoms with Crippen LogP contribution in [0.4, 0.5) is 13.2 Å². The molecule has 0 heterocycles. The van der Waals surface area contributed by atoms with E-state index in [1.807, 2.05) is 103 Å². The normalized spacial score (nSPS) is 11.6. The molecule has 4 aromatic carbocycles. The summed E-state index contributed by atoms with van der Waals surface area (Å²) in [6.45, 7) is 0. The Kier molecular flexibility index (Phi) is 6.90. The Morgan fingerprint density at radius 2 is 1.15 bits per heavy atom. The van der Waals surface area contributed by atoms with Crippen LogP contribution in [-0.2, 0) is 15.5 Å². The van der Waals surface area contributed by atoms with Gasteiger partial charge in [-0.3, -0.25) is 0 Å². The highest BCUT2D eigenvalue weighted by molar-refractivity contribution is 7.32. The summed E-state index contributed by atoms with van der Waals surface area (Å²) in [5.41, 5.74) is 6.69. The lowest BCUT2D eigenvalue weighted by molar-refractivity contribution is -0.188. The Morgan fingerprint density at radius 3 is 1.67 bits per heavy atom. The maximum Gasteiger partial charge on any atom is 0.491 e. The quantitative estimate of drug-likeness (QED) is 0.271. The third kappa shape index (κ3) is 5.32. The van der Waals surface area contributed by atoms with E-state index in [4.69, 9.17) is 0 Å². The molecule has 33 heavy (non-hydrogen) atoms. The summed E-state index contributed by atoms with van der Waals surface area (Å²) in [6, 6.07) is 33.5. The number of hydrogen-bond acceptors (Lipinski definition) is 2. The molecular formula is C27H20F3O2P. The van der Waals surface area contributed by atoms with Crippen molar-refractivity contribution in [2.24, 2.45) is 0 Å². The highest BCUT2D eigenvalue weighted by atomic mass is 31.1. The SMILES string of the molecule is O=C(OPCc1ccc(-c2ccccc2)c(-c2ccccc2)c1-c1ccccc1)C(F)(F)F. The van der Waals surface area contributed by atoms with Crippen molar-refractivity contribution in [3.05, 3.63) is 109 Å². The van der Waals surface area contributed by atoms with Crippen LogP contribution in [0.2, 0.25) is 0 Å². The number of benzene rings is 4. The Bertz CT molecular complexity index is 1220. The average Bonchev–Trinajstić information content (AvgIpc) is 2.84. The molecule has 0 N–H and O–H groups in total. The van der Waals surface area contributed by atoms with E-state index in [2.05, 4.69) is 4.52 Å². The number of alkyl halides is 3. The summed E-state index contributed by atoms with van der Waals surface area (Å²) in [6.07, 6.45) is -4.82. The second kappa shape index (κ2) is 10.0. The van der Waals surface area contributed by atoms with E-state index in [-0.39, 0.29) is 6.16 Å². The monoisotopic (exact) mass is 464 g/mol. The van der Waals surface area contributed by atoms with Gasteiger partial charge in [-0.15, -0.1) is 0 Å². The molecule has 0 radical (unpaired) electrons. The number of hydrogen-bond donors (Lipinski definition) is 0. The molecule has 0 amide bonds. The molecule has 0 aliphatic rings. The van der Waals surface area contributed by atoms with Crippen molar-refractivity contribution in [2.75, 3.05) is 0 Å². The number of carbonyl (C=O) groups is 1. The molecule has 0 aromatic heterocycles. The first-order valence-corrected chi connectivity index (χ1v) is 11.4. The Hall–Kier alpha value is -3.43. The van der Waals surface area contributed by atoms with Crippen LogP contribution in [0.15, 0.2) is 103 Å². The average molecular weight is 464 g/mol. The fraction of sp³-hybridized carbons (Fsp3) is 0.0741. The lowest BCUT2D eigenvalue weighted by Crippen LogP contribution is -2.22. The van der Waals surface area contributed by atoms with Crippen LogP contribution in [0.3, 0.4) is 0 Å². The highest BCUT2D eigenvalue weighted by Crippen LogP contribution is 2.43. The smallest absolute Gasteiger partial charge is 0.441 e. The predicted molar refractivity (Wildman–Crippen MR) is 127 cm³/mol. The molecule has 4 aromatic rings. The summed E-state index contributed by atoms with van der Waals surface area (Å²) in [5.74, 6) is -2.16. The minimum Gasteiger partial charge on any atom is -0.441 e. The third-order valence-electron chi connectivity index (χ3n) is 5.16. The van der Waals surface area contributed by atoms with Crippen molar-refractivity contribution >= 4 is 14.8 Å². The highest BCUT2D eigenvalue weighted by Gasteiger charge is 2.40. The maximum absolute atomic E-state index is 12.6. The minimum absolute atomic E-state index is 0.181. The predicted octanol–water partition coefficient (Wildman–Crippen LogP) is 7.89. The molecular weight excluding hydrogens is 444 g/mol. The molecule has 0 spiro atoms. The largest absolute Gasteiger partial charge is 0.491 e. The van der Waals surface area contributed by atoms with E-state index >= 15 is 0 Å². The van der Waals surface area contributed by atoms with Gasteiger partial charge in [-0.05, 0) is 38.9 Å². The third-order valence-corrected chi connectivity index (χ3v) is 6.02. The van der Waals surface area contributed by atoms with Gasteiger partial charge in [0.05, 0.1) is 8.81 Å². The van der Waals surface area contributed by atoms with Crippen molar-refractivity contribution in [3.63, 3.8) is 0 Å². The molecule has 2 nitrogen and oxygen atoms in total. The summed E-state index contributed by atoms with van der Waals surface area (Å²) < 4.78 is 42.3. The Labute approximate surface area is 191 Å². The number of carbonyl (C=O) groups excluding carboxylic acids is 1. The van der Waals surface area contributed by atoms with E-state index < -0.39 is 21.0 Å². The zero-order valence-electron chi connectivity index (χ0n) is 17.5. The van der Waals surface area contributed by atoms with Crippen LogP contribution in [-0.4, -0.2) is 12.1 Å². The number of rotatable bonds is 6. The molecule has 6 heteroatoms. The van der Waals surface area contributed by atoms with E-state index in [0.717, 1.165) is 38.9 Å². The molecule has 0 aliphatic heterocycles. The molecule has 0 aliphatic carbocycles. The summed E-state index contributed by atoms with van der Waals surface area (Å²) in [4.78, 5) is 11.2. The first-order chi connectivity index (χ1) is 15.9. The van der Waals surface area contributed by atoms with Crippen LogP contribution in [0.5, 0.6) is 0 Å². The zero-order chi connectivity index (χ0) is 23.3. The van der Waals surface area contributed by atoms with Gasteiger partial charge in [-0.2, -0.15) is 13.2 Å². The van der Waals surface area contributed by atoms with E-state index in [9.17, 15) is 18.0 Å². The van der Waals surface area contributed by atoms with Gasteiger partial charge in [0.15, 0.2) is 0 Å². The van der Waals surface area contributed by atoms with Gasteiger partial charge in [-0.1, -0.05) is 103 Å². The second-order valence-electron chi connectivity index (χ2n) is 7.33. The zero-order valence-corrected chi connectivity index (χ0v) is 18.5. The summed E-state index contributed by atoms with van der Waals surface area (Å²) in [5, 5.41) is 0. The van der Waals surface area contributed by atoms with Crippen LogP contribution in [0, 0.1) is 0 Å². The van der Waals surface area contributed by atoms with Crippen molar-refractivity contribution < 1.29 is 22.5 Å². The van der Waals surface area contributed by atoms with Gasteiger partial charge in [0.1, 0.15) is 0 Å². The van der Waals surface area contributed by atoms with Crippen LogP contribution in [0.1, 0.15) is 5.56 Å². The van der Waals surface area contributed by atoms with Crippen molar-refractivity contribution in [3.8, 4) is 33.4 Å². The van der Waals surface area contributed by atoms with Crippen LogP contribution < -0.4 is 0 Å². The lowest BCUT2D eigenvalue weighted by Gasteiger charge is -2.20. The molecule has 1 unspecified atom stereocenters. The van der Waals surface area contributed by atoms with Crippen LogP contribution >= 0.6 is 8.81 Å².